The summed E-state index contributed by atoms with van der Waals surface area (Å²) in [7, 11) is 0. The summed E-state index contributed by atoms with van der Waals surface area (Å²) in [6.07, 6.45) is 0. The highest BCUT2D eigenvalue weighted by atomic mass is 16.6. The van der Waals surface area contributed by atoms with Crippen LogP contribution in [0.4, 0.5) is 11.4 Å². The first kappa shape index (κ1) is 15.5. The second-order valence-electron chi connectivity index (χ2n) is 4.54. The van der Waals surface area contributed by atoms with Gasteiger partial charge >= 0.3 is 0 Å². The molecule has 2 aromatic carbocycles. The van der Waals surface area contributed by atoms with Gasteiger partial charge in [0.2, 0.25) is 0 Å². The zero-order chi connectivity index (χ0) is 15.9. The van der Waals surface area contributed by atoms with E-state index in [-0.39, 0.29) is 18.0 Å². The lowest BCUT2D eigenvalue weighted by atomic mass is 10.1. The van der Waals surface area contributed by atoms with Crippen molar-refractivity contribution in [3.8, 4) is 5.75 Å². The van der Waals surface area contributed by atoms with Crippen LogP contribution in [0.3, 0.4) is 0 Å². The second-order valence-corrected chi connectivity index (χ2v) is 4.54. The Labute approximate surface area is 127 Å². The summed E-state index contributed by atoms with van der Waals surface area (Å²) in [5.41, 5.74) is 1.21. The van der Waals surface area contributed by atoms with Crippen LogP contribution < -0.4 is 10.1 Å². The number of nitro benzene ring substituents is 1. The third-order valence-corrected chi connectivity index (χ3v) is 3.02. The minimum atomic E-state index is -0.494. The molecule has 0 heterocycles. The lowest BCUT2D eigenvalue weighted by Gasteiger charge is -2.07. The molecule has 0 spiro atoms. The quantitative estimate of drug-likeness (QED) is 0.482. The zero-order valence-corrected chi connectivity index (χ0v) is 12.1. The Morgan fingerprint density at radius 3 is 2.32 bits per heavy atom. The summed E-state index contributed by atoms with van der Waals surface area (Å²) >= 11 is 0. The highest BCUT2D eigenvalue weighted by Gasteiger charge is 2.09. The number of Topliss-reactive ketones (excluding diaryl/α,β-unsaturated/α-hetero) is 1. The van der Waals surface area contributed by atoms with Gasteiger partial charge in [-0.3, -0.25) is 14.9 Å². The summed E-state index contributed by atoms with van der Waals surface area (Å²) in [6, 6.07) is 12.9. The van der Waals surface area contributed by atoms with Crippen LogP contribution in [0, 0.1) is 10.1 Å². The Bertz CT molecular complexity index is 651. The van der Waals surface area contributed by atoms with Crippen molar-refractivity contribution in [1.29, 1.82) is 0 Å². The van der Waals surface area contributed by atoms with Gasteiger partial charge in [0.1, 0.15) is 5.75 Å². The highest BCUT2D eigenvalue weighted by molar-refractivity contribution is 5.99. The van der Waals surface area contributed by atoms with Crippen LogP contribution in [0.1, 0.15) is 17.3 Å². The molecule has 22 heavy (non-hydrogen) atoms. The number of hydrogen-bond acceptors (Lipinski definition) is 5. The molecule has 0 aliphatic carbocycles. The number of anilines is 1. The molecule has 114 valence electrons. The Kier molecular flexibility index (Phi) is 5.08. The van der Waals surface area contributed by atoms with Gasteiger partial charge in [0.15, 0.2) is 5.78 Å². The molecule has 2 rings (SSSR count). The normalized spacial score (nSPS) is 10.0. The van der Waals surface area contributed by atoms with Gasteiger partial charge in [-0.2, -0.15) is 0 Å². The van der Waals surface area contributed by atoms with Crippen molar-refractivity contribution in [1.82, 2.24) is 0 Å². The maximum absolute atomic E-state index is 12.0. The Balaban J connectivity index is 1.93. The van der Waals surface area contributed by atoms with Crippen LogP contribution in [-0.2, 0) is 0 Å². The van der Waals surface area contributed by atoms with Crippen molar-refractivity contribution < 1.29 is 14.5 Å². The van der Waals surface area contributed by atoms with Gasteiger partial charge < -0.3 is 10.1 Å². The molecule has 0 fully saturated rings. The third-order valence-electron chi connectivity index (χ3n) is 3.02. The van der Waals surface area contributed by atoms with E-state index in [1.807, 2.05) is 31.2 Å². The topological polar surface area (TPSA) is 81.5 Å². The van der Waals surface area contributed by atoms with Crippen molar-refractivity contribution in [2.45, 2.75) is 6.92 Å². The summed E-state index contributed by atoms with van der Waals surface area (Å²) in [5, 5.41) is 13.6. The van der Waals surface area contributed by atoms with E-state index in [2.05, 4.69) is 5.32 Å². The van der Waals surface area contributed by atoms with Gasteiger partial charge in [-0.05, 0) is 43.3 Å². The first-order chi connectivity index (χ1) is 10.6. The molecular weight excluding hydrogens is 284 g/mol. The fourth-order valence-electron chi connectivity index (χ4n) is 1.89. The Morgan fingerprint density at radius 1 is 1.14 bits per heavy atom. The molecule has 2 aromatic rings. The van der Waals surface area contributed by atoms with E-state index in [0.29, 0.717) is 12.2 Å². The van der Waals surface area contributed by atoms with Gasteiger partial charge in [0, 0.05) is 23.4 Å². The van der Waals surface area contributed by atoms with Crippen molar-refractivity contribution >= 4 is 17.2 Å². The van der Waals surface area contributed by atoms with E-state index in [1.165, 1.54) is 24.3 Å². The molecule has 0 amide bonds. The number of non-ortho nitro benzene ring substituents is 1. The Morgan fingerprint density at radius 2 is 1.77 bits per heavy atom. The Hall–Kier alpha value is -2.89. The van der Waals surface area contributed by atoms with Gasteiger partial charge in [-0.25, -0.2) is 0 Å². The summed E-state index contributed by atoms with van der Waals surface area (Å²) < 4.78 is 5.34. The van der Waals surface area contributed by atoms with Gasteiger partial charge in [-0.1, -0.05) is 0 Å². The van der Waals surface area contributed by atoms with Crippen molar-refractivity contribution in [3.05, 3.63) is 64.2 Å². The number of ether oxygens (including phenoxy) is 1. The first-order valence-electron chi connectivity index (χ1n) is 6.84. The molecule has 0 aromatic heterocycles. The molecule has 0 saturated carbocycles. The fraction of sp³-hybridized carbons (Fsp3) is 0.188. The predicted molar refractivity (Wildman–Crippen MR) is 83.5 cm³/mol. The highest BCUT2D eigenvalue weighted by Crippen LogP contribution is 2.16. The minimum absolute atomic E-state index is 0.0315. The SMILES string of the molecule is CCOc1ccc(NCC(=O)c2ccc([N+](=O)[O-])cc2)cc1. The van der Waals surface area contributed by atoms with E-state index in [4.69, 9.17) is 4.74 Å². The van der Waals surface area contributed by atoms with E-state index in [9.17, 15) is 14.9 Å². The number of ketones is 1. The number of carbonyl (C=O) groups is 1. The monoisotopic (exact) mass is 300 g/mol. The van der Waals surface area contributed by atoms with Gasteiger partial charge in [0.25, 0.3) is 5.69 Å². The number of hydrogen-bond donors (Lipinski definition) is 1. The van der Waals surface area contributed by atoms with Crippen LogP contribution in [0.2, 0.25) is 0 Å². The van der Waals surface area contributed by atoms with Crippen molar-refractivity contribution in [2.24, 2.45) is 0 Å². The summed E-state index contributed by atoms with van der Waals surface area (Å²) in [6.45, 7) is 2.63. The molecule has 1 N–H and O–H groups in total. The molecule has 0 aliphatic rings. The lowest BCUT2D eigenvalue weighted by molar-refractivity contribution is -0.384. The van der Waals surface area contributed by atoms with Crippen molar-refractivity contribution in [2.75, 3.05) is 18.5 Å². The van der Waals surface area contributed by atoms with Crippen LogP contribution in [-0.4, -0.2) is 23.9 Å². The van der Waals surface area contributed by atoms with E-state index in [0.717, 1.165) is 11.4 Å². The molecule has 0 saturated heterocycles. The van der Waals surface area contributed by atoms with Crippen LogP contribution in [0.25, 0.3) is 0 Å². The number of nitrogens with zero attached hydrogens (tertiary/aromatic N) is 1. The zero-order valence-electron chi connectivity index (χ0n) is 12.1. The molecular formula is C16H16N2O4. The number of nitro groups is 1. The molecule has 0 bridgehead atoms. The second kappa shape index (κ2) is 7.21. The lowest BCUT2D eigenvalue weighted by Crippen LogP contribution is -2.13. The molecule has 0 aliphatic heterocycles. The van der Waals surface area contributed by atoms with E-state index < -0.39 is 4.92 Å². The van der Waals surface area contributed by atoms with Crippen LogP contribution >= 0.6 is 0 Å². The standard InChI is InChI=1S/C16H16N2O4/c1-2-22-15-9-5-13(6-10-15)17-11-16(19)12-3-7-14(8-4-12)18(20)21/h3-10,17H,2,11H2,1H3. The largest absolute Gasteiger partial charge is 0.494 e. The molecule has 0 atom stereocenters. The van der Waals surface area contributed by atoms with Crippen LogP contribution in [0.15, 0.2) is 48.5 Å². The van der Waals surface area contributed by atoms with E-state index >= 15 is 0 Å². The number of carbonyl (C=O) groups excluding carboxylic acids is 1. The molecule has 0 unspecified atom stereocenters. The first-order valence-corrected chi connectivity index (χ1v) is 6.84. The maximum Gasteiger partial charge on any atom is 0.269 e. The number of nitrogens with one attached hydrogen (secondary N) is 1. The third kappa shape index (κ3) is 4.05. The van der Waals surface area contributed by atoms with Crippen molar-refractivity contribution in [3.63, 3.8) is 0 Å². The molecule has 6 nitrogen and oxygen atoms in total. The molecule has 0 radical (unpaired) electrons. The van der Waals surface area contributed by atoms with E-state index in [1.54, 1.807) is 0 Å². The number of rotatable bonds is 7. The summed E-state index contributed by atoms with van der Waals surface area (Å²) in [4.78, 5) is 22.1. The van der Waals surface area contributed by atoms with Crippen LogP contribution in [0.5, 0.6) is 5.75 Å². The average molecular weight is 300 g/mol. The minimum Gasteiger partial charge on any atom is -0.494 e. The smallest absolute Gasteiger partial charge is 0.269 e. The average Bonchev–Trinajstić information content (AvgIpc) is 2.54. The fourth-order valence-corrected chi connectivity index (χ4v) is 1.89. The maximum atomic E-state index is 12.0. The number of benzene rings is 2. The predicted octanol–water partition coefficient (Wildman–Crippen LogP) is 3.29. The van der Waals surface area contributed by atoms with Gasteiger partial charge in [0.05, 0.1) is 18.1 Å². The summed E-state index contributed by atoms with van der Waals surface area (Å²) in [5.74, 6) is 0.638. The molecule has 6 heteroatoms. The van der Waals surface area contributed by atoms with Gasteiger partial charge in [-0.15, -0.1) is 0 Å².